The summed E-state index contributed by atoms with van der Waals surface area (Å²) in [5.74, 6) is 0. The van der Waals surface area contributed by atoms with E-state index in [9.17, 15) is 16.8 Å². The molecule has 2 aromatic carbocycles. The highest BCUT2D eigenvalue weighted by molar-refractivity contribution is 7.90. The van der Waals surface area contributed by atoms with Gasteiger partial charge in [-0.25, -0.2) is 8.42 Å². The summed E-state index contributed by atoms with van der Waals surface area (Å²) in [6, 6.07) is 14.2. The molecule has 122 valence electrons. The minimum Gasteiger partial charge on any atom is -0.282 e. The third kappa shape index (κ3) is 6.84. The molecule has 0 amide bonds. The number of aryl methyl sites for hydroxylation is 1. The van der Waals surface area contributed by atoms with Crippen LogP contribution in [0, 0.1) is 6.92 Å². The summed E-state index contributed by atoms with van der Waals surface area (Å²) in [4.78, 5) is 0.304. The first-order valence-corrected chi connectivity index (χ1v) is 9.23. The van der Waals surface area contributed by atoms with Gasteiger partial charge in [0.05, 0.1) is 9.79 Å². The second kappa shape index (κ2) is 8.07. The zero-order valence-electron chi connectivity index (χ0n) is 11.6. The van der Waals surface area contributed by atoms with Gasteiger partial charge in [0.2, 0.25) is 0 Å². The Bertz CT molecular complexity index is 778. The molecule has 2 aromatic rings. The van der Waals surface area contributed by atoms with E-state index in [-0.39, 0.29) is 12.3 Å². The third-order valence-electron chi connectivity index (χ3n) is 2.49. The first-order chi connectivity index (χ1) is 9.60. The summed E-state index contributed by atoms with van der Waals surface area (Å²) in [6.07, 6.45) is 1.21. The molecule has 0 saturated heterocycles. The Balaban J connectivity index is 0.000000385. The van der Waals surface area contributed by atoms with Crippen LogP contribution in [0.25, 0.3) is 0 Å². The van der Waals surface area contributed by atoms with Crippen molar-refractivity contribution < 1.29 is 21.4 Å². The lowest BCUT2D eigenvalue weighted by Gasteiger charge is -1.96. The van der Waals surface area contributed by atoms with Gasteiger partial charge in [-0.3, -0.25) is 4.55 Å². The normalized spacial score (nSPS) is 10.9. The second-order valence-electron chi connectivity index (χ2n) is 4.37. The van der Waals surface area contributed by atoms with Crippen LogP contribution in [-0.4, -0.2) is 27.6 Å². The first kappa shape index (κ1) is 20.3. The Morgan fingerprint density at radius 2 is 1.23 bits per heavy atom. The Hall–Kier alpha value is -1.70. The van der Waals surface area contributed by atoms with Crippen LogP contribution in [0.1, 0.15) is 13.0 Å². The van der Waals surface area contributed by atoms with Crippen molar-refractivity contribution >= 4 is 20.0 Å². The van der Waals surface area contributed by atoms with E-state index in [0.717, 1.165) is 5.56 Å². The molecule has 5 nitrogen and oxygen atoms in total. The van der Waals surface area contributed by atoms with Crippen molar-refractivity contribution in [2.45, 2.75) is 24.1 Å². The van der Waals surface area contributed by atoms with Crippen LogP contribution in [0.2, 0.25) is 0 Å². The van der Waals surface area contributed by atoms with Gasteiger partial charge < -0.3 is 0 Å². The molecule has 2 rings (SSSR count). The van der Waals surface area contributed by atoms with Crippen LogP contribution < -0.4 is 0 Å². The van der Waals surface area contributed by atoms with Crippen LogP contribution >= 0.6 is 0 Å². The van der Waals surface area contributed by atoms with E-state index < -0.39 is 20.0 Å². The maximum Gasteiger partial charge on any atom is 0.294 e. The summed E-state index contributed by atoms with van der Waals surface area (Å²) in [7, 11) is -7.02. The van der Waals surface area contributed by atoms with Gasteiger partial charge in [-0.05, 0) is 31.2 Å². The van der Waals surface area contributed by atoms with E-state index in [4.69, 9.17) is 4.55 Å². The van der Waals surface area contributed by atoms with Crippen molar-refractivity contribution in [2.24, 2.45) is 0 Å². The molecule has 0 aliphatic rings. The van der Waals surface area contributed by atoms with Crippen molar-refractivity contribution in [3.05, 3.63) is 60.2 Å². The predicted molar refractivity (Wildman–Crippen MR) is 87.3 cm³/mol. The molecule has 0 atom stereocenters. The molecular weight excluding hydrogens is 324 g/mol. The molecule has 0 spiro atoms. The number of benzene rings is 2. The number of hydrogen-bond donors (Lipinski definition) is 1. The van der Waals surface area contributed by atoms with E-state index in [0.29, 0.717) is 4.90 Å². The smallest absolute Gasteiger partial charge is 0.282 e. The molecule has 1 N–H and O–H groups in total. The van der Waals surface area contributed by atoms with Crippen molar-refractivity contribution in [3.63, 3.8) is 0 Å². The van der Waals surface area contributed by atoms with Crippen molar-refractivity contribution in [3.8, 4) is 0 Å². The van der Waals surface area contributed by atoms with Gasteiger partial charge in [0.15, 0.2) is 9.84 Å². The quantitative estimate of drug-likeness (QED) is 0.846. The summed E-state index contributed by atoms with van der Waals surface area (Å²) < 4.78 is 51.1. The predicted octanol–water partition coefficient (Wildman–Crippen LogP) is 2.97. The summed E-state index contributed by atoms with van der Waals surface area (Å²) in [5.41, 5.74) is 1.07. The zero-order chi connectivity index (χ0) is 16.1. The molecule has 0 aliphatic heterocycles. The monoisotopic (exact) mass is 344 g/mol. The molecule has 0 aliphatic carbocycles. The number of hydrogen-bond acceptors (Lipinski definition) is 4. The molecular formula is C15H20O5S2. The fourth-order valence-electron chi connectivity index (χ4n) is 1.38. The number of sulfone groups is 1. The van der Waals surface area contributed by atoms with E-state index >= 15 is 0 Å². The summed E-state index contributed by atoms with van der Waals surface area (Å²) in [5, 5.41) is 0. The molecule has 7 heteroatoms. The van der Waals surface area contributed by atoms with Crippen molar-refractivity contribution in [1.29, 1.82) is 0 Å². The van der Waals surface area contributed by atoms with Crippen LogP contribution in [0.5, 0.6) is 0 Å². The molecule has 0 aromatic heterocycles. The third-order valence-corrected chi connectivity index (χ3v) is 4.49. The fourth-order valence-corrected chi connectivity index (χ4v) is 2.51. The Morgan fingerprint density at radius 1 is 0.773 bits per heavy atom. The van der Waals surface area contributed by atoms with E-state index in [1.807, 2.05) is 6.92 Å². The maximum atomic E-state index is 10.9. The van der Waals surface area contributed by atoms with Crippen LogP contribution in [0.3, 0.4) is 0 Å². The lowest BCUT2D eigenvalue weighted by atomic mass is 10.2. The van der Waals surface area contributed by atoms with E-state index in [2.05, 4.69) is 0 Å². The average molecular weight is 344 g/mol. The largest absolute Gasteiger partial charge is 0.294 e. The first-order valence-electron chi connectivity index (χ1n) is 5.90. The van der Waals surface area contributed by atoms with Gasteiger partial charge in [0.25, 0.3) is 10.1 Å². The minimum atomic E-state index is -4.00. The topological polar surface area (TPSA) is 88.5 Å². The molecule has 0 heterocycles. The summed E-state index contributed by atoms with van der Waals surface area (Å²) in [6.45, 7) is 1.92. The van der Waals surface area contributed by atoms with Gasteiger partial charge in [0.1, 0.15) is 0 Å². The Morgan fingerprint density at radius 3 is 1.55 bits per heavy atom. The van der Waals surface area contributed by atoms with Crippen LogP contribution in [0.4, 0.5) is 0 Å². The van der Waals surface area contributed by atoms with Gasteiger partial charge >= 0.3 is 0 Å². The lowest BCUT2D eigenvalue weighted by molar-refractivity contribution is 0.483. The van der Waals surface area contributed by atoms with Crippen molar-refractivity contribution in [1.82, 2.24) is 0 Å². The van der Waals surface area contributed by atoms with Crippen LogP contribution in [-0.2, 0) is 20.0 Å². The molecule has 22 heavy (non-hydrogen) atoms. The molecule has 0 fully saturated rings. The van der Waals surface area contributed by atoms with Crippen LogP contribution in [0.15, 0.2) is 64.4 Å². The molecule has 0 bridgehead atoms. The van der Waals surface area contributed by atoms with Crippen molar-refractivity contribution in [2.75, 3.05) is 6.26 Å². The highest BCUT2D eigenvalue weighted by Crippen LogP contribution is 2.08. The number of rotatable bonds is 2. The molecule has 0 radical (unpaired) electrons. The van der Waals surface area contributed by atoms with Gasteiger partial charge in [0, 0.05) is 6.26 Å². The molecule has 0 saturated carbocycles. The highest BCUT2D eigenvalue weighted by Gasteiger charge is 2.06. The SMILES string of the molecule is C.Cc1ccc(S(C)(=O)=O)cc1.O=S(=O)(O)c1ccccc1. The van der Waals surface area contributed by atoms with Gasteiger partial charge in [-0.15, -0.1) is 0 Å². The van der Waals surface area contributed by atoms with Gasteiger partial charge in [-0.1, -0.05) is 43.3 Å². The fraction of sp³-hybridized carbons (Fsp3) is 0.200. The Labute approximate surface area is 132 Å². The van der Waals surface area contributed by atoms with E-state index in [1.54, 1.807) is 42.5 Å². The second-order valence-corrected chi connectivity index (χ2v) is 7.81. The van der Waals surface area contributed by atoms with E-state index in [1.165, 1.54) is 18.4 Å². The minimum absolute atomic E-state index is 0. The molecule has 0 unspecified atom stereocenters. The maximum absolute atomic E-state index is 10.9. The lowest BCUT2D eigenvalue weighted by Crippen LogP contribution is -1.96. The Kier molecular flexibility index (Phi) is 7.45. The highest BCUT2D eigenvalue weighted by atomic mass is 32.2. The summed E-state index contributed by atoms with van der Waals surface area (Å²) >= 11 is 0. The standard InChI is InChI=1S/C8H10O2S.C6H6O3S.CH4/c1-7-3-5-8(6-4-7)11(2,9)10;7-10(8,9)6-4-2-1-3-5-6;/h3-6H,1-2H3;1-5H,(H,7,8,9);1H4. The zero-order valence-corrected chi connectivity index (χ0v) is 13.2. The average Bonchev–Trinajstić information content (AvgIpc) is 2.39. The van der Waals surface area contributed by atoms with Gasteiger partial charge in [-0.2, -0.15) is 8.42 Å².